The topological polar surface area (TPSA) is 21.3 Å². The van der Waals surface area contributed by atoms with Crippen LogP contribution in [0.2, 0.25) is 0 Å². The van der Waals surface area contributed by atoms with E-state index in [-0.39, 0.29) is 0 Å². The van der Waals surface area contributed by atoms with E-state index in [1.54, 1.807) is 0 Å². The highest BCUT2D eigenvalue weighted by Gasteiger charge is 1.94. The Labute approximate surface area is 98.3 Å². The molecule has 0 aliphatic rings. The first-order chi connectivity index (χ1) is 7.86. The average molecular weight is 219 g/mol. The predicted octanol–water partition coefficient (Wildman–Crippen LogP) is 3.14. The molecular weight excluding hydrogens is 198 g/mol. The van der Waals surface area contributed by atoms with Gasteiger partial charge >= 0.3 is 0 Å². The molecule has 0 saturated carbocycles. The number of ether oxygens (including phenoxy) is 1. The fourth-order valence-electron chi connectivity index (χ4n) is 1.45. The van der Waals surface area contributed by atoms with Crippen molar-refractivity contribution in [3.63, 3.8) is 0 Å². The van der Waals surface area contributed by atoms with Gasteiger partial charge in [-0.2, -0.15) is 0 Å². The largest absolute Gasteiger partial charge is 0.494 e. The molecule has 0 aliphatic carbocycles. The standard InChI is InChI=1S/C14H21NO/c1-3-5-6-11-15-12-13-7-9-14(10-8-13)16-4-2/h3,5,7-10,15H,4,6,11-12H2,1-2H3/b5-3+. The lowest BCUT2D eigenvalue weighted by Crippen LogP contribution is -2.13. The Morgan fingerprint density at radius 3 is 2.62 bits per heavy atom. The van der Waals surface area contributed by atoms with Crippen LogP contribution in [0.15, 0.2) is 36.4 Å². The minimum Gasteiger partial charge on any atom is -0.494 e. The molecule has 0 unspecified atom stereocenters. The average Bonchev–Trinajstić information content (AvgIpc) is 2.31. The molecule has 0 spiro atoms. The number of hydrogen-bond acceptors (Lipinski definition) is 2. The molecule has 0 bridgehead atoms. The van der Waals surface area contributed by atoms with Crippen molar-refractivity contribution in [2.45, 2.75) is 26.8 Å². The first-order valence-electron chi connectivity index (χ1n) is 5.90. The summed E-state index contributed by atoms with van der Waals surface area (Å²) >= 11 is 0. The van der Waals surface area contributed by atoms with Crippen LogP contribution >= 0.6 is 0 Å². The smallest absolute Gasteiger partial charge is 0.119 e. The summed E-state index contributed by atoms with van der Waals surface area (Å²) in [5, 5.41) is 3.40. The van der Waals surface area contributed by atoms with Crippen LogP contribution in [0, 0.1) is 0 Å². The fraction of sp³-hybridized carbons (Fsp3) is 0.429. The van der Waals surface area contributed by atoms with Crippen molar-refractivity contribution in [1.82, 2.24) is 5.32 Å². The van der Waals surface area contributed by atoms with Crippen LogP contribution in [0.4, 0.5) is 0 Å². The van der Waals surface area contributed by atoms with Crippen LogP contribution in [0.25, 0.3) is 0 Å². The maximum absolute atomic E-state index is 5.39. The highest BCUT2D eigenvalue weighted by Crippen LogP contribution is 2.11. The summed E-state index contributed by atoms with van der Waals surface area (Å²) in [6.07, 6.45) is 5.34. The van der Waals surface area contributed by atoms with Crippen LogP contribution in [0.5, 0.6) is 5.75 Å². The summed E-state index contributed by atoms with van der Waals surface area (Å²) in [6, 6.07) is 8.25. The maximum atomic E-state index is 5.39. The van der Waals surface area contributed by atoms with Gasteiger partial charge in [0.05, 0.1) is 6.61 Å². The van der Waals surface area contributed by atoms with Gasteiger partial charge in [0.1, 0.15) is 5.75 Å². The Bertz CT molecular complexity index is 303. The Kier molecular flexibility index (Phi) is 6.35. The van der Waals surface area contributed by atoms with Gasteiger partial charge < -0.3 is 10.1 Å². The minimum absolute atomic E-state index is 0.723. The van der Waals surface area contributed by atoms with Crippen LogP contribution in [-0.2, 0) is 6.54 Å². The lowest BCUT2D eigenvalue weighted by atomic mass is 10.2. The number of rotatable bonds is 7. The monoisotopic (exact) mass is 219 g/mol. The van der Waals surface area contributed by atoms with Crippen LogP contribution < -0.4 is 10.1 Å². The zero-order valence-electron chi connectivity index (χ0n) is 10.2. The SMILES string of the molecule is C/C=C/CCNCc1ccc(OCC)cc1. The third kappa shape index (κ3) is 4.99. The second-order valence-corrected chi connectivity index (χ2v) is 3.61. The van der Waals surface area contributed by atoms with Crippen molar-refractivity contribution in [3.8, 4) is 5.75 Å². The molecule has 16 heavy (non-hydrogen) atoms. The molecule has 2 nitrogen and oxygen atoms in total. The summed E-state index contributed by atoms with van der Waals surface area (Å²) in [7, 11) is 0. The third-order valence-corrected chi connectivity index (χ3v) is 2.29. The van der Waals surface area contributed by atoms with Gasteiger partial charge in [-0.25, -0.2) is 0 Å². The number of hydrogen-bond donors (Lipinski definition) is 1. The van der Waals surface area contributed by atoms with Crippen LogP contribution in [0.1, 0.15) is 25.8 Å². The molecule has 2 heteroatoms. The van der Waals surface area contributed by atoms with Crippen molar-refractivity contribution in [3.05, 3.63) is 42.0 Å². The van der Waals surface area contributed by atoms with Crippen molar-refractivity contribution < 1.29 is 4.74 Å². The molecule has 0 heterocycles. The van der Waals surface area contributed by atoms with Gasteiger partial charge in [-0.1, -0.05) is 24.3 Å². The van der Waals surface area contributed by atoms with Gasteiger partial charge in [-0.05, 0) is 44.5 Å². The maximum Gasteiger partial charge on any atom is 0.119 e. The van der Waals surface area contributed by atoms with Gasteiger partial charge in [0.25, 0.3) is 0 Å². The summed E-state index contributed by atoms with van der Waals surface area (Å²) in [4.78, 5) is 0. The lowest BCUT2D eigenvalue weighted by Gasteiger charge is -2.05. The third-order valence-electron chi connectivity index (χ3n) is 2.29. The van der Waals surface area contributed by atoms with Crippen molar-refractivity contribution in [1.29, 1.82) is 0 Å². The molecule has 0 radical (unpaired) electrons. The van der Waals surface area contributed by atoms with E-state index in [4.69, 9.17) is 4.74 Å². The summed E-state index contributed by atoms with van der Waals surface area (Å²) in [5.74, 6) is 0.945. The van der Waals surface area contributed by atoms with E-state index in [2.05, 4.69) is 29.6 Å². The molecule has 0 aromatic heterocycles. The normalized spacial score (nSPS) is 10.9. The van der Waals surface area contributed by atoms with Gasteiger partial charge in [0.2, 0.25) is 0 Å². The van der Waals surface area contributed by atoms with Crippen LogP contribution in [-0.4, -0.2) is 13.2 Å². The first-order valence-corrected chi connectivity index (χ1v) is 5.90. The molecular formula is C14H21NO. The molecule has 0 saturated heterocycles. The first kappa shape index (κ1) is 12.8. The molecule has 0 atom stereocenters. The zero-order valence-corrected chi connectivity index (χ0v) is 10.2. The Morgan fingerprint density at radius 2 is 2.00 bits per heavy atom. The van der Waals surface area contributed by atoms with Crippen molar-refractivity contribution >= 4 is 0 Å². The molecule has 0 aliphatic heterocycles. The second-order valence-electron chi connectivity index (χ2n) is 3.61. The summed E-state index contributed by atoms with van der Waals surface area (Å²) in [6.45, 7) is 6.71. The molecule has 1 N–H and O–H groups in total. The van der Waals surface area contributed by atoms with Gasteiger partial charge in [-0.3, -0.25) is 0 Å². The Balaban J connectivity index is 2.26. The fourth-order valence-corrected chi connectivity index (χ4v) is 1.45. The van der Waals surface area contributed by atoms with E-state index in [1.165, 1.54) is 5.56 Å². The van der Waals surface area contributed by atoms with E-state index in [0.717, 1.165) is 31.9 Å². The van der Waals surface area contributed by atoms with E-state index < -0.39 is 0 Å². The van der Waals surface area contributed by atoms with Gasteiger partial charge in [0.15, 0.2) is 0 Å². The van der Waals surface area contributed by atoms with E-state index in [1.807, 2.05) is 26.0 Å². The molecule has 1 rings (SSSR count). The zero-order chi connectivity index (χ0) is 11.6. The van der Waals surface area contributed by atoms with Gasteiger partial charge in [0, 0.05) is 6.54 Å². The Morgan fingerprint density at radius 1 is 1.25 bits per heavy atom. The molecule has 0 fully saturated rings. The summed E-state index contributed by atoms with van der Waals surface area (Å²) in [5.41, 5.74) is 1.30. The Hall–Kier alpha value is -1.28. The quantitative estimate of drug-likeness (QED) is 0.562. The number of benzene rings is 1. The molecule has 0 amide bonds. The lowest BCUT2D eigenvalue weighted by molar-refractivity contribution is 0.340. The summed E-state index contributed by atoms with van der Waals surface area (Å²) < 4.78 is 5.39. The van der Waals surface area contributed by atoms with Crippen molar-refractivity contribution in [2.75, 3.05) is 13.2 Å². The van der Waals surface area contributed by atoms with E-state index in [9.17, 15) is 0 Å². The van der Waals surface area contributed by atoms with Crippen LogP contribution in [0.3, 0.4) is 0 Å². The minimum atomic E-state index is 0.723. The van der Waals surface area contributed by atoms with E-state index >= 15 is 0 Å². The molecule has 1 aromatic rings. The number of nitrogens with one attached hydrogen (secondary N) is 1. The highest BCUT2D eigenvalue weighted by molar-refractivity contribution is 5.27. The van der Waals surface area contributed by atoms with Crippen molar-refractivity contribution in [2.24, 2.45) is 0 Å². The highest BCUT2D eigenvalue weighted by atomic mass is 16.5. The number of allylic oxidation sites excluding steroid dienone is 1. The molecule has 1 aromatic carbocycles. The molecule has 88 valence electrons. The van der Waals surface area contributed by atoms with E-state index in [0.29, 0.717) is 0 Å². The second kappa shape index (κ2) is 7.94. The predicted molar refractivity (Wildman–Crippen MR) is 68.7 cm³/mol. The van der Waals surface area contributed by atoms with Gasteiger partial charge in [-0.15, -0.1) is 0 Å².